The second kappa shape index (κ2) is 9.63. The van der Waals surface area contributed by atoms with Crippen LogP contribution in [0.4, 0.5) is 5.69 Å². The van der Waals surface area contributed by atoms with Crippen molar-refractivity contribution in [2.75, 3.05) is 32.1 Å². The number of likely N-dealkylation sites (N-methyl/N-ethyl adjacent to an activating group) is 1. The molecule has 0 radical (unpaired) electrons. The lowest BCUT2D eigenvalue weighted by atomic mass is 10.00. The average Bonchev–Trinajstić information content (AvgIpc) is 2.94. The van der Waals surface area contributed by atoms with Crippen LogP contribution in [-0.4, -0.2) is 44.9 Å². The van der Waals surface area contributed by atoms with Crippen LogP contribution in [0.25, 0.3) is 0 Å². The number of benzodiazepines with no additional fused rings is 1. The number of fused-ring (bicyclic) bond motifs is 1. The summed E-state index contributed by atoms with van der Waals surface area (Å²) in [5.41, 5.74) is 4.11. The van der Waals surface area contributed by atoms with Crippen LogP contribution in [0.15, 0.2) is 71.7 Å². The Bertz CT molecular complexity index is 1170. The molecule has 32 heavy (non-hydrogen) atoms. The van der Waals surface area contributed by atoms with Gasteiger partial charge < -0.3 is 15.0 Å². The first-order chi connectivity index (χ1) is 15.5. The van der Waals surface area contributed by atoms with E-state index in [0.29, 0.717) is 28.7 Å². The summed E-state index contributed by atoms with van der Waals surface area (Å²) < 4.78 is 5.46. The molecule has 1 unspecified atom stereocenters. The van der Waals surface area contributed by atoms with E-state index in [0.717, 1.165) is 28.3 Å². The number of nitrogens with zero attached hydrogens (tertiary/aromatic N) is 2. The number of halogens is 2. The third kappa shape index (κ3) is 4.59. The highest BCUT2D eigenvalue weighted by atomic mass is 35.5. The van der Waals surface area contributed by atoms with Crippen molar-refractivity contribution in [2.24, 2.45) is 4.99 Å². The Morgan fingerprint density at radius 1 is 1.09 bits per heavy atom. The highest BCUT2D eigenvalue weighted by Crippen LogP contribution is 2.33. The van der Waals surface area contributed by atoms with Gasteiger partial charge in [-0.25, -0.2) is 0 Å². The van der Waals surface area contributed by atoms with Crippen LogP contribution in [0.1, 0.15) is 21.5 Å². The lowest BCUT2D eigenvalue weighted by molar-refractivity contribution is 0.0951. The fourth-order valence-corrected chi connectivity index (χ4v) is 4.24. The van der Waals surface area contributed by atoms with Crippen molar-refractivity contribution in [1.82, 2.24) is 5.32 Å². The van der Waals surface area contributed by atoms with Crippen molar-refractivity contribution < 1.29 is 9.53 Å². The number of hydrogen-bond acceptors (Lipinski definition) is 4. The lowest BCUT2D eigenvalue weighted by Gasteiger charge is -2.29. The molecule has 3 aromatic rings. The fraction of sp³-hybridized carbons (Fsp3) is 0.200. The first kappa shape index (κ1) is 22.2. The summed E-state index contributed by atoms with van der Waals surface area (Å²) in [6, 6.07) is 20.4. The summed E-state index contributed by atoms with van der Waals surface area (Å²) in [5.74, 6) is 0.630. The molecular formula is C25H23Cl2N3O2. The first-order valence-electron chi connectivity index (χ1n) is 10.2. The van der Waals surface area contributed by atoms with Crippen molar-refractivity contribution in [3.63, 3.8) is 0 Å². The Morgan fingerprint density at radius 2 is 1.84 bits per heavy atom. The predicted octanol–water partition coefficient (Wildman–Crippen LogP) is 5.09. The van der Waals surface area contributed by atoms with Crippen LogP contribution >= 0.6 is 23.2 Å². The Labute approximate surface area is 197 Å². The molecule has 0 saturated carbocycles. The van der Waals surface area contributed by atoms with Crippen LogP contribution in [-0.2, 0) is 0 Å². The maximum absolute atomic E-state index is 12.6. The number of aliphatic imine (C=N–C) groups is 1. The average molecular weight is 468 g/mol. The largest absolute Gasteiger partial charge is 0.497 e. The molecule has 0 saturated heterocycles. The van der Waals surface area contributed by atoms with E-state index in [2.05, 4.69) is 10.2 Å². The van der Waals surface area contributed by atoms with Gasteiger partial charge in [-0.15, -0.1) is 0 Å². The molecule has 164 valence electrons. The third-order valence-electron chi connectivity index (χ3n) is 5.57. The number of benzene rings is 3. The van der Waals surface area contributed by atoms with E-state index in [-0.39, 0.29) is 11.9 Å². The van der Waals surface area contributed by atoms with Gasteiger partial charge in [0.05, 0.1) is 30.4 Å². The molecule has 1 aliphatic heterocycles. The minimum absolute atomic E-state index is 0.0582. The normalized spacial score (nSPS) is 15.4. The lowest BCUT2D eigenvalue weighted by Crippen LogP contribution is -2.43. The number of carbonyl (C=O) groups excluding carboxylic acids is 1. The summed E-state index contributed by atoms with van der Waals surface area (Å²) in [5, 5.41) is 4.14. The molecule has 0 fully saturated rings. The Kier molecular flexibility index (Phi) is 6.68. The molecule has 1 aliphatic rings. The maximum Gasteiger partial charge on any atom is 0.251 e. The Morgan fingerprint density at radius 3 is 2.56 bits per heavy atom. The van der Waals surface area contributed by atoms with Gasteiger partial charge in [0.25, 0.3) is 5.91 Å². The first-order valence-corrected chi connectivity index (χ1v) is 11.0. The van der Waals surface area contributed by atoms with E-state index in [1.807, 2.05) is 49.5 Å². The van der Waals surface area contributed by atoms with Crippen LogP contribution in [0, 0.1) is 0 Å². The van der Waals surface area contributed by atoms with Gasteiger partial charge in [0.2, 0.25) is 0 Å². The van der Waals surface area contributed by atoms with Gasteiger partial charge in [0.1, 0.15) is 5.75 Å². The molecule has 5 nitrogen and oxygen atoms in total. The van der Waals surface area contributed by atoms with Crippen LogP contribution in [0.2, 0.25) is 10.0 Å². The molecule has 0 spiro atoms. The molecule has 4 rings (SSSR count). The number of amides is 1. The van der Waals surface area contributed by atoms with E-state index in [1.54, 1.807) is 31.4 Å². The van der Waals surface area contributed by atoms with Gasteiger partial charge in [-0.05, 0) is 42.5 Å². The van der Waals surface area contributed by atoms with Crippen LogP contribution in [0.3, 0.4) is 0 Å². The molecule has 0 aromatic heterocycles. The van der Waals surface area contributed by atoms with Crippen molar-refractivity contribution >= 4 is 40.5 Å². The number of ether oxygens (including phenoxy) is 1. The second-order valence-corrected chi connectivity index (χ2v) is 8.38. The summed E-state index contributed by atoms with van der Waals surface area (Å²) >= 11 is 12.6. The van der Waals surface area contributed by atoms with Crippen LogP contribution in [0.5, 0.6) is 5.75 Å². The second-order valence-electron chi connectivity index (χ2n) is 7.54. The quantitative estimate of drug-likeness (QED) is 0.568. The number of methoxy groups -OCH3 is 1. The Hall–Kier alpha value is -3.02. The number of nitrogens with one attached hydrogen (secondary N) is 1. The summed E-state index contributed by atoms with van der Waals surface area (Å²) in [4.78, 5) is 19.6. The van der Waals surface area contributed by atoms with E-state index in [1.165, 1.54) is 0 Å². The smallest absolute Gasteiger partial charge is 0.251 e. The number of anilines is 1. The molecule has 3 aromatic carbocycles. The Balaban J connectivity index is 1.68. The molecule has 0 bridgehead atoms. The zero-order valence-corrected chi connectivity index (χ0v) is 19.3. The summed E-state index contributed by atoms with van der Waals surface area (Å²) in [6.07, 6.45) is 0. The van der Waals surface area contributed by atoms with Crippen molar-refractivity contribution in [3.05, 3.63) is 93.5 Å². The highest BCUT2D eigenvalue weighted by molar-refractivity contribution is 6.38. The summed E-state index contributed by atoms with van der Waals surface area (Å²) in [7, 11) is 3.64. The van der Waals surface area contributed by atoms with E-state index in [9.17, 15) is 4.79 Å². The number of rotatable bonds is 5. The van der Waals surface area contributed by atoms with Crippen molar-refractivity contribution in [3.8, 4) is 5.75 Å². The molecule has 7 heteroatoms. The van der Waals surface area contributed by atoms with E-state index < -0.39 is 0 Å². The van der Waals surface area contributed by atoms with Gasteiger partial charge in [-0.3, -0.25) is 9.79 Å². The zero-order chi connectivity index (χ0) is 22.7. The van der Waals surface area contributed by atoms with Gasteiger partial charge in [-0.1, -0.05) is 41.4 Å². The molecule has 1 amide bonds. The minimum Gasteiger partial charge on any atom is -0.497 e. The van der Waals surface area contributed by atoms with Gasteiger partial charge in [0, 0.05) is 47.1 Å². The fourth-order valence-electron chi connectivity index (χ4n) is 3.75. The minimum atomic E-state index is -0.112. The van der Waals surface area contributed by atoms with Crippen molar-refractivity contribution in [1.29, 1.82) is 0 Å². The molecule has 1 heterocycles. The van der Waals surface area contributed by atoms with Crippen molar-refractivity contribution in [2.45, 2.75) is 6.04 Å². The molecule has 0 aliphatic carbocycles. The number of carbonyl (C=O) groups is 1. The predicted molar refractivity (Wildman–Crippen MR) is 131 cm³/mol. The van der Waals surface area contributed by atoms with Gasteiger partial charge in [-0.2, -0.15) is 0 Å². The third-order valence-corrected chi connectivity index (χ3v) is 6.12. The summed E-state index contributed by atoms with van der Waals surface area (Å²) in [6.45, 7) is 0.920. The highest BCUT2D eigenvalue weighted by Gasteiger charge is 2.26. The van der Waals surface area contributed by atoms with Gasteiger partial charge >= 0.3 is 0 Å². The van der Waals surface area contributed by atoms with E-state index in [4.69, 9.17) is 32.9 Å². The SMILES string of the molecule is COc1ccc2c(c1)N(C)C(CNC(=O)c1ccccc1)CN=C2c1ccc(Cl)cc1Cl. The molecule has 1 atom stereocenters. The molecular weight excluding hydrogens is 445 g/mol. The maximum atomic E-state index is 12.6. The monoisotopic (exact) mass is 467 g/mol. The van der Waals surface area contributed by atoms with Crippen LogP contribution < -0.4 is 15.0 Å². The topological polar surface area (TPSA) is 53.9 Å². The van der Waals surface area contributed by atoms with Gasteiger partial charge in [0.15, 0.2) is 0 Å². The number of hydrogen-bond donors (Lipinski definition) is 1. The zero-order valence-electron chi connectivity index (χ0n) is 17.8. The van der Waals surface area contributed by atoms with E-state index >= 15 is 0 Å². The molecule has 1 N–H and O–H groups in total. The standard InChI is InChI=1S/C25H23Cl2N3O2/c1-30-18(15-29-25(31)16-6-4-3-5-7-16)14-28-24(20-10-8-17(26)12-22(20)27)21-11-9-19(32-2)13-23(21)30/h3-13,18H,14-15H2,1-2H3,(H,29,31).